The third kappa shape index (κ3) is 6.49. The number of nitrogens with one attached hydrogen (secondary N) is 1. The highest BCUT2D eigenvalue weighted by molar-refractivity contribution is 6.05. The Kier molecular flexibility index (Phi) is 8.80. The highest BCUT2D eigenvalue weighted by Crippen LogP contribution is 2.49. The first kappa shape index (κ1) is 34.1. The first-order chi connectivity index (χ1) is 24.6. The molecule has 2 bridgehead atoms. The highest BCUT2D eigenvalue weighted by atomic mass is 19.1. The van der Waals surface area contributed by atoms with E-state index in [-0.39, 0.29) is 45.8 Å². The lowest BCUT2D eigenvalue weighted by Crippen LogP contribution is -2.51. The topological polar surface area (TPSA) is 99.8 Å². The Labute approximate surface area is 298 Å². The zero-order chi connectivity index (χ0) is 35.6. The summed E-state index contributed by atoms with van der Waals surface area (Å²) in [5.74, 6) is 1.78. The first-order valence-corrected chi connectivity index (χ1v) is 18.7. The molecular formula is C41H48F2N6O2. The molecule has 0 radical (unpaired) electrons. The van der Waals surface area contributed by atoms with Crippen LogP contribution in [0.15, 0.2) is 30.3 Å². The number of hydrogen-bond acceptors (Lipinski definition) is 8. The molecular weight excluding hydrogens is 646 g/mol. The maximum Gasteiger partial charge on any atom is 0.319 e. The van der Waals surface area contributed by atoms with E-state index in [1.165, 1.54) is 31.0 Å². The summed E-state index contributed by atoms with van der Waals surface area (Å²) in [7, 11) is 0. The van der Waals surface area contributed by atoms with E-state index in [1.807, 2.05) is 19.9 Å². The number of fused-ring (bicyclic) bond motifs is 4. The number of rotatable bonds is 12. The molecule has 3 atom stereocenters. The smallest absolute Gasteiger partial charge is 0.319 e. The molecule has 1 aromatic heterocycles. The molecule has 8 rings (SSSR count). The molecule has 4 fully saturated rings. The van der Waals surface area contributed by atoms with E-state index in [0.29, 0.717) is 57.8 Å². The average Bonchev–Trinajstić information content (AvgIpc) is 4.05. The summed E-state index contributed by atoms with van der Waals surface area (Å²) >= 11 is 0. The Bertz CT molecular complexity index is 2030. The van der Waals surface area contributed by atoms with Crippen molar-refractivity contribution in [1.82, 2.24) is 20.2 Å². The minimum atomic E-state index is -0.580. The first-order valence-electron chi connectivity index (χ1n) is 18.7. The number of nitrogens with two attached hydrogens (primary N) is 1. The Morgan fingerprint density at radius 2 is 1.86 bits per heavy atom. The number of aromatic hydroxyl groups is 1. The molecule has 8 nitrogen and oxygen atoms in total. The second-order valence-electron chi connectivity index (χ2n) is 15.9. The van der Waals surface area contributed by atoms with Crippen molar-refractivity contribution in [2.24, 2.45) is 11.1 Å². The monoisotopic (exact) mass is 694 g/mol. The largest absolute Gasteiger partial charge is 0.508 e. The predicted molar refractivity (Wildman–Crippen MR) is 198 cm³/mol. The number of hydrogen-bond donors (Lipinski definition) is 3. The number of nitrogens with zero attached hydrogens (tertiary/aromatic N) is 4. The van der Waals surface area contributed by atoms with Crippen LogP contribution < -0.4 is 20.7 Å². The SMILES string of the molecule is C#Cc1c(F)ccc2cc(O)cc(-c3c(C(C)C)cc4c(N5CC6CCC(C5)N6)nc(OCC5(CN(C[C@@H](N)CC)C6CC6)CC5)nc4c3F)c12. The van der Waals surface area contributed by atoms with E-state index >= 15 is 8.78 Å². The van der Waals surface area contributed by atoms with E-state index in [9.17, 15) is 5.11 Å². The zero-order valence-electron chi connectivity index (χ0n) is 29.8. The fourth-order valence-corrected chi connectivity index (χ4v) is 8.36. The maximum atomic E-state index is 17.6. The lowest BCUT2D eigenvalue weighted by Gasteiger charge is -2.34. The number of phenols is 1. The van der Waals surface area contributed by atoms with Crippen molar-refractivity contribution in [3.8, 4) is 35.2 Å². The lowest BCUT2D eigenvalue weighted by atomic mass is 9.86. The summed E-state index contributed by atoms with van der Waals surface area (Å²) in [6, 6.07) is 9.35. The van der Waals surface area contributed by atoms with E-state index in [1.54, 1.807) is 6.07 Å². The fraction of sp³-hybridized carbons (Fsp3) is 0.512. The van der Waals surface area contributed by atoms with E-state index in [2.05, 4.69) is 28.0 Å². The number of benzene rings is 3. The molecule has 2 saturated carbocycles. The number of ether oxygens (including phenoxy) is 1. The van der Waals surface area contributed by atoms with Gasteiger partial charge in [-0.1, -0.05) is 32.8 Å². The minimum absolute atomic E-state index is 0.00985. The van der Waals surface area contributed by atoms with Gasteiger partial charge in [0.2, 0.25) is 0 Å². The van der Waals surface area contributed by atoms with Crippen molar-refractivity contribution < 1.29 is 18.6 Å². The summed E-state index contributed by atoms with van der Waals surface area (Å²) < 4.78 is 39.2. The Hall–Kier alpha value is -4.04. The molecule has 3 aromatic carbocycles. The fourth-order valence-electron chi connectivity index (χ4n) is 8.36. The minimum Gasteiger partial charge on any atom is -0.508 e. The third-order valence-corrected chi connectivity index (χ3v) is 11.6. The van der Waals surface area contributed by atoms with Gasteiger partial charge in [-0.3, -0.25) is 4.90 Å². The molecule has 4 aliphatic rings. The normalized spacial score (nSPS) is 21.5. The van der Waals surface area contributed by atoms with Crippen LogP contribution >= 0.6 is 0 Å². The van der Waals surface area contributed by atoms with Gasteiger partial charge in [-0.2, -0.15) is 9.97 Å². The van der Waals surface area contributed by atoms with Crippen LogP contribution in [0.2, 0.25) is 0 Å². The molecule has 4 N–H and O–H groups in total. The zero-order valence-corrected chi connectivity index (χ0v) is 29.8. The van der Waals surface area contributed by atoms with Crippen LogP contribution in [0.25, 0.3) is 32.8 Å². The molecule has 4 aromatic rings. The quantitative estimate of drug-likeness (QED) is 0.139. The summed E-state index contributed by atoms with van der Waals surface area (Å²) in [5.41, 5.74) is 7.79. The van der Waals surface area contributed by atoms with Crippen molar-refractivity contribution in [2.45, 2.75) is 95.8 Å². The molecule has 0 spiro atoms. The summed E-state index contributed by atoms with van der Waals surface area (Å²) in [4.78, 5) is 14.6. The molecule has 51 heavy (non-hydrogen) atoms. The van der Waals surface area contributed by atoms with Crippen molar-refractivity contribution in [3.05, 3.63) is 53.1 Å². The average molecular weight is 695 g/mol. The van der Waals surface area contributed by atoms with Gasteiger partial charge < -0.3 is 25.8 Å². The number of piperazine rings is 1. The van der Waals surface area contributed by atoms with Crippen LogP contribution in [0.3, 0.4) is 0 Å². The Balaban J connectivity index is 1.25. The van der Waals surface area contributed by atoms with Crippen LogP contribution in [0, 0.1) is 29.4 Å². The van der Waals surface area contributed by atoms with Crippen molar-refractivity contribution in [3.63, 3.8) is 0 Å². The molecule has 2 unspecified atom stereocenters. The second-order valence-corrected chi connectivity index (χ2v) is 15.9. The van der Waals surface area contributed by atoms with Crippen molar-refractivity contribution >= 4 is 27.5 Å². The van der Waals surface area contributed by atoms with Crippen LogP contribution in [0.5, 0.6) is 11.8 Å². The molecule has 2 aliphatic heterocycles. The van der Waals surface area contributed by atoms with Gasteiger partial charge in [0.15, 0.2) is 5.82 Å². The number of anilines is 1. The lowest BCUT2D eigenvalue weighted by molar-refractivity contribution is 0.143. The maximum absolute atomic E-state index is 17.6. The molecule has 2 saturated heterocycles. The highest BCUT2D eigenvalue weighted by Gasteiger charge is 2.47. The van der Waals surface area contributed by atoms with Gasteiger partial charge in [-0.15, -0.1) is 6.42 Å². The van der Waals surface area contributed by atoms with Gasteiger partial charge in [0.05, 0.1) is 12.2 Å². The third-order valence-electron chi connectivity index (χ3n) is 11.6. The predicted octanol–water partition coefficient (Wildman–Crippen LogP) is 6.84. The number of halogens is 2. The Morgan fingerprint density at radius 1 is 1.12 bits per heavy atom. The number of terminal acetylenes is 1. The van der Waals surface area contributed by atoms with Crippen LogP contribution in [0.1, 0.15) is 82.8 Å². The van der Waals surface area contributed by atoms with Gasteiger partial charge in [-0.25, -0.2) is 8.78 Å². The molecule has 10 heteroatoms. The van der Waals surface area contributed by atoms with Crippen LogP contribution in [-0.4, -0.2) is 76.9 Å². The van der Waals surface area contributed by atoms with E-state index < -0.39 is 11.6 Å². The second kappa shape index (κ2) is 13.2. The number of aromatic nitrogens is 2. The molecule has 0 amide bonds. The number of phenolic OH excluding ortho intramolecular Hbond substituents is 1. The molecule has 2 aliphatic carbocycles. The van der Waals surface area contributed by atoms with Gasteiger partial charge in [-0.05, 0) is 91.6 Å². The summed E-state index contributed by atoms with van der Waals surface area (Å²) in [6.45, 7) is 9.87. The summed E-state index contributed by atoms with van der Waals surface area (Å²) in [5, 5.41) is 16.0. The van der Waals surface area contributed by atoms with Gasteiger partial charge >= 0.3 is 6.01 Å². The van der Waals surface area contributed by atoms with Gasteiger partial charge in [0.1, 0.15) is 22.9 Å². The van der Waals surface area contributed by atoms with Crippen LogP contribution in [-0.2, 0) is 0 Å². The molecule has 268 valence electrons. The molecule has 3 heterocycles. The van der Waals surface area contributed by atoms with E-state index in [4.69, 9.17) is 26.9 Å². The van der Waals surface area contributed by atoms with Crippen LogP contribution in [0.4, 0.5) is 14.6 Å². The van der Waals surface area contributed by atoms with Crippen molar-refractivity contribution in [2.75, 3.05) is 37.7 Å². The summed E-state index contributed by atoms with van der Waals surface area (Å²) in [6.07, 6.45) is 13.5. The van der Waals surface area contributed by atoms with Gasteiger partial charge in [0, 0.05) is 72.1 Å². The standard InChI is InChI=1S/C41H48F2N6O2/c1-5-25(44)18-49(28-10-11-28)21-41(13-14-41)22-51-40-46-38-33(39(47-40)48-19-26-8-9-27(20-48)45-26)17-31(23(3)4)36(37(38)43)32-16-29(50)15-24-7-12-34(42)30(6-2)35(24)32/h2,7,12,15-17,23,25-28,45,50H,5,8-11,13-14,18-22,44H2,1,3-4H3/t25-,26?,27?/m0/s1. The van der Waals surface area contributed by atoms with E-state index in [0.717, 1.165) is 58.3 Å². The Morgan fingerprint density at radius 3 is 2.51 bits per heavy atom. The van der Waals surface area contributed by atoms with Gasteiger partial charge in [0.25, 0.3) is 0 Å². The van der Waals surface area contributed by atoms with Crippen molar-refractivity contribution in [1.29, 1.82) is 0 Å².